The number of aliphatic carboxylic acids is 1. The maximum Gasteiger partial charge on any atom is 0.303 e. The predicted molar refractivity (Wildman–Crippen MR) is 111 cm³/mol. The fourth-order valence-electron chi connectivity index (χ4n) is 3.65. The largest absolute Gasteiger partial charge is 0.481 e. The Morgan fingerprint density at radius 2 is 1.68 bits per heavy atom. The molecule has 0 bridgehead atoms. The van der Waals surface area contributed by atoms with Gasteiger partial charge in [-0.1, -0.05) is 36.4 Å². The van der Waals surface area contributed by atoms with Crippen LogP contribution in [-0.2, 0) is 16.0 Å². The maximum absolute atomic E-state index is 11.7. The fourth-order valence-corrected chi connectivity index (χ4v) is 3.65. The maximum atomic E-state index is 11.7. The first-order valence-electron chi connectivity index (χ1n) is 9.96. The molecule has 0 saturated carbocycles. The van der Waals surface area contributed by atoms with Crippen LogP contribution in [0, 0.1) is 0 Å². The molecule has 1 aliphatic heterocycles. The Morgan fingerprint density at radius 1 is 1.04 bits per heavy atom. The number of benzene rings is 2. The third kappa shape index (κ3) is 5.67. The summed E-state index contributed by atoms with van der Waals surface area (Å²) in [4.78, 5) is 24.8. The lowest BCUT2D eigenvalue weighted by atomic mass is 10.0. The number of rotatable bonds is 8. The van der Waals surface area contributed by atoms with Gasteiger partial charge in [-0.15, -0.1) is 0 Å². The second-order valence-corrected chi connectivity index (χ2v) is 7.49. The predicted octanol–water partition coefficient (Wildman–Crippen LogP) is 4.18. The van der Waals surface area contributed by atoms with Gasteiger partial charge in [0.25, 0.3) is 0 Å². The highest BCUT2D eigenvalue weighted by Gasteiger charge is 2.19. The minimum absolute atomic E-state index is 0.0191. The molecule has 0 radical (unpaired) electrons. The fraction of sp³-hybridized carbons (Fsp3) is 0.391. The van der Waals surface area contributed by atoms with Crippen molar-refractivity contribution in [2.24, 2.45) is 0 Å². The van der Waals surface area contributed by atoms with Crippen LogP contribution in [0.1, 0.15) is 38.2 Å². The average Bonchev–Trinajstić information content (AvgIpc) is 3.11. The van der Waals surface area contributed by atoms with Crippen LogP contribution in [0.25, 0.3) is 11.1 Å². The number of carbonyl (C=O) groups is 2. The van der Waals surface area contributed by atoms with Gasteiger partial charge >= 0.3 is 5.97 Å². The van der Waals surface area contributed by atoms with Crippen molar-refractivity contribution in [1.82, 2.24) is 4.90 Å². The van der Waals surface area contributed by atoms with Crippen LogP contribution in [-0.4, -0.2) is 41.0 Å². The van der Waals surface area contributed by atoms with Gasteiger partial charge in [-0.25, -0.2) is 0 Å². The summed E-state index contributed by atoms with van der Waals surface area (Å²) in [6.07, 6.45) is 3.53. The molecule has 0 unspecified atom stereocenters. The molecule has 1 atom stereocenters. The molecule has 148 valence electrons. The van der Waals surface area contributed by atoms with Gasteiger partial charge in [0.1, 0.15) is 0 Å². The van der Waals surface area contributed by atoms with Gasteiger partial charge in [0.2, 0.25) is 5.91 Å². The van der Waals surface area contributed by atoms with E-state index in [2.05, 4.69) is 41.4 Å². The number of carboxylic acid groups (broad SMARTS) is 1. The van der Waals surface area contributed by atoms with E-state index in [0.717, 1.165) is 24.1 Å². The zero-order valence-electron chi connectivity index (χ0n) is 16.4. The van der Waals surface area contributed by atoms with Crippen molar-refractivity contribution >= 4 is 17.6 Å². The van der Waals surface area contributed by atoms with E-state index in [4.69, 9.17) is 5.11 Å². The number of nitrogens with zero attached hydrogens (tertiary/aromatic N) is 1. The summed E-state index contributed by atoms with van der Waals surface area (Å²) in [6, 6.07) is 17.0. The Hall–Kier alpha value is -2.66. The number of likely N-dealkylation sites (tertiary alicyclic amines) is 1. The van der Waals surface area contributed by atoms with Crippen LogP contribution < -0.4 is 5.32 Å². The highest BCUT2D eigenvalue weighted by Crippen LogP contribution is 2.23. The molecule has 3 rings (SSSR count). The molecule has 2 N–H and O–H groups in total. The molecule has 1 amide bonds. The normalized spacial score (nSPS) is 16.8. The molecule has 0 aliphatic carbocycles. The highest BCUT2D eigenvalue weighted by molar-refractivity contribution is 5.92. The van der Waals surface area contributed by atoms with Crippen molar-refractivity contribution in [2.75, 3.05) is 18.4 Å². The molecule has 5 heteroatoms. The zero-order chi connectivity index (χ0) is 19.9. The highest BCUT2D eigenvalue weighted by atomic mass is 16.4. The van der Waals surface area contributed by atoms with E-state index >= 15 is 0 Å². The molecule has 1 aliphatic rings. The molecule has 1 heterocycles. The van der Waals surface area contributed by atoms with E-state index in [1.54, 1.807) is 0 Å². The summed E-state index contributed by atoms with van der Waals surface area (Å²) in [5.74, 6) is -1.25. The number of carbonyl (C=O) groups excluding carboxylic acids is 1. The van der Waals surface area contributed by atoms with E-state index in [1.807, 2.05) is 24.3 Å². The lowest BCUT2D eigenvalue weighted by Gasteiger charge is -2.20. The van der Waals surface area contributed by atoms with Crippen molar-refractivity contribution in [3.63, 3.8) is 0 Å². The van der Waals surface area contributed by atoms with Gasteiger partial charge in [0.05, 0.1) is 6.42 Å². The molecule has 2 aromatic rings. The Labute approximate surface area is 166 Å². The van der Waals surface area contributed by atoms with Crippen LogP contribution in [0.3, 0.4) is 0 Å². The number of carboxylic acids is 1. The van der Waals surface area contributed by atoms with Gasteiger partial charge in [0, 0.05) is 24.7 Å². The first-order chi connectivity index (χ1) is 13.5. The van der Waals surface area contributed by atoms with Crippen LogP contribution in [0.4, 0.5) is 5.69 Å². The van der Waals surface area contributed by atoms with Crippen molar-refractivity contribution in [2.45, 2.75) is 45.1 Å². The van der Waals surface area contributed by atoms with E-state index < -0.39 is 5.97 Å². The monoisotopic (exact) mass is 380 g/mol. The van der Waals surface area contributed by atoms with E-state index in [-0.39, 0.29) is 18.7 Å². The van der Waals surface area contributed by atoms with Crippen LogP contribution in [0.15, 0.2) is 48.5 Å². The molecule has 28 heavy (non-hydrogen) atoms. The molecule has 5 nitrogen and oxygen atoms in total. The molecular weight excluding hydrogens is 352 g/mol. The second-order valence-electron chi connectivity index (χ2n) is 7.49. The van der Waals surface area contributed by atoms with Gasteiger partial charge in [-0.2, -0.15) is 0 Å². The summed E-state index contributed by atoms with van der Waals surface area (Å²) >= 11 is 0. The van der Waals surface area contributed by atoms with Crippen molar-refractivity contribution in [3.05, 3.63) is 54.1 Å². The lowest BCUT2D eigenvalue weighted by Crippen LogP contribution is -2.28. The van der Waals surface area contributed by atoms with Gasteiger partial charge in [0.15, 0.2) is 0 Å². The SMILES string of the molecule is C[C@@H]1CCCN1CCc1ccc(-c2ccc(NC(=O)CCC(=O)O)cc2)cc1. The Morgan fingerprint density at radius 3 is 2.25 bits per heavy atom. The standard InChI is InChI=1S/C23H28N2O3/c1-17-3-2-15-25(17)16-14-18-4-6-19(7-5-18)20-8-10-21(11-9-20)24-22(26)12-13-23(27)28/h4-11,17H,2-3,12-16H2,1H3,(H,24,26)(H,27,28)/t17-/m1/s1. The van der Waals surface area contributed by atoms with Crippen molar-refractivity contribution in [3.8, 4) is 11.1 Å². The molecule has 1 saturated heterocycles. The van der Waals surface area contributed by atoms with Gasteiger partial charge < -0.3 is 15.3 Å². The Kier molecular flexibility index (Phi) is 6.82. The van der Waals surface area contributed by atoms with Gasteiger partial charge in [-0.05, 0) is 61.6 Å². The van der Waals surface area contributed by atoms with E-state index in [0.29, 0.717) is 11.7 Å². The summed E-state index contributed by atoms with van der Waals surface area (Å²) in [6.45, 7) is 4.66. The number of anilines is 1. The van der Waals surface area contributed by atoms with E-state index in [9.17, 15) is 9.59 Å². The molecule has 0 aromatic heterocycles. The summed E-state index contributed by atoms with van der Waals surface area (Å²) in [7, 11) is 0. The Balaban J connectivity index is 1.53. The Bertz CT molecular complexity index is 800. The first kappa shape index (κ1) is 20.1. The van der Waals surface area contributed by atoms with Crippen LogP contribution in [0.5, 0.6) is 0 Å². The number of nitrogens with one attached hydrogen (secondary N) is 1. The van der Waals surface area contributed by atoms with Crippen LogP contribution in [0.2, 0.25) is 0 Å². The van der Waals surface area contributed by atoms with Crippen LogP contribution >= 0.6 is 0 Å². The minimum atomic E-state index is -0.969. The van der Waals surface area contributed by atoms with E-state index in [1.165, 1.54) is 24.9 Å². The van der Waals surface area contributed by atoms with Crippen molar-refractivity contribution in [1.29, 1.82) is 0 Å². The average molecular weight is 380 g/mol. The minimum Gasteiger partial charge on any atom is -0.481 e. The second kappa shape index (κ2) is 9.51. The third-order valence-corrected chi connectivity index (χ3v) is 5.40. The summed E-state index contributed by atoms with van der Waals surface area (Å²) in [5, 5.41) is 11.4. The molecular formula is C23H28N2O3. The summed E-state index contributed by atoms with van der Waals surface area (Å²) < 4.78 is 0. The lowest BCUT2D eigenvalue weighted by molar-refractivity contribution is -0.138. The van der Waals surface area contributed by atoms with Gasteiger partial charge in [-0.3, -0.25) is 9.59 Å². The quantitative estimate of drug-likeness (QED) is 0.721. The van der Waals surface area contributed by atoms with Crippen molar-refractivity contribution < 1.29 is 14.7 Å². The molecule has 2 aromatic carbocycles. The number of hydrogen-bond acceptors (Lipinski definition) is 3. The third-order valence-electron chi connectivity index (χ3n) is 5.40. The zero-order valence-corrected chi connectivity index (χ0v) is 16.4. The molecule has 1 fully saturated rings. The molecule has 0 spiro atoms. The topological polar surface area (TPSA) is 69.6 Å². The summed E-state index contributed by atoms with van der Waals surface area (Å²) in [5.41, 5.74) is 4.26. The smallest absolute Gasteiger partial charge is 0.303 e. The number of hydrogen-bond donors (Lipinski definition) is 2. The first-order valence-corrected chi connectivity index (χ1v) is 9.96. The number of amides is 1.